The molecule has 0 fully saturated rings. The number of Topliss-reactive ketones (excluding diaryl/α,β-unsaturated/α-hetero) is 2. The SMILES string of the molecule is C[C@H](CC(=O)CCC(F)(F)F)CC(=O)c1ccc(/C(F)=C/C(c2cc(Br)c(Cl)c(Br)c2)C(F)(F)F)cc1C(F)(F)F. The van der Waals surface area contributed by atoms with Gasteiger partial charge in [0.25, 0.3) is 0 Å². The zero-order chi connectivity index (χ0) is 31.5. The summed E-state index contributed by atoms with van der Waals surface area (Å²) in [7, 11) is 0. The van der Waals surface area contributed by atoms with Crippen LogP contribution in [-0.4, -0.2) is 23.9 Å². The van der Waals surface area contributed by atoms with Crippen LogP contribution < -0.4 is 0 Å². The van der Waals surface area contributed by atoms with Crippen LogP contribution >= 0.6 is 43.5 Å². The van der Waals surface area contributed by atoms with Gasteiger partial charge in [0, 0.05) is 39.3 Å². The third-order valence-corrected chi connectivity index (χ3v) is 7.84. The molecule has 2 atom stereocenters. The zero-order valence-electron chi connectivity index (χ0n) is 20.7. The van der Waals surface area contributed by atoms with Gasteiger partial charge in [-0.05, 0) is 67.6 Å². The first-order valence-electron chi connectivity index (χ1n) is 11.5. The molecule has 41 heavy (non-hydrogen) atoms. The molecule has 2 rings (SSSR count). The monoisotopic (exact) mass is 746 g/mol. The van der Waals surface area contributed by atoms with E-state index in [2.05, 4.69) is 31.9 Å². The molecule has 2 aromatic rings. The lowest BCUT2D eigenvalue weighted by atomic mass is 9.91. The maximum Gasteiger partial charge on any atom is 0.417 e. The summed E-state index contributed by atoms with van der Waals surface area (Å²) < 4.78 is 135. The van der Waals surface area contributed by atoms with Gasteiger partial charge in [0.05, 0.1) is 17.0 Å². The van der Waals surface area contributed by atoms with Crippen LogP contribution in [0.3, 0.4) is 0 Å². The third kappa shape index (κ3) is 10.4. The predicted octanol–water partition coefficient (Wildman–Crippen LogP) is 11.1. The smallest absolute Gasteiger partial charge is 0.300 e. The largest absolute Gasteiger partial charge is 0.417 e. The van der Waals surface area contributed by atoms with Crippen molar-refractivity contribution >= 4 is 60.9 Å². The number of hydrogen-bond donors (Lipinski definition) is 0. The van der Waals surface area contributed by atoms with Gasteiger partial charge < -0.3 is 0 Å². The summed E-state index contributed by atoms with van der Waals surface area (Å²) in [5, 5.41) is 0.0363. The maximum atomic E-state index is 15.0. The van der Waals surface area contributed by atoms with Gasteiger partial charge in [-0.3, -0.25) is 9.59 Å². The number of carbonyl (C=O) groups is 2. The molecular formula is C26H19Br2ClF10O2. The quantitative estimate of drug-likeness (QED) is 0.138. The van der Waals surface area contributed by atoms with Crippen LogP contribution in [0.4, 0.5) is 43.9 Å². The van der Waals surface area contributed by atoms with Gasteiger partial charge in [0.2, 0.25) is 0 Å². The fourth-order valence-corrected chi connectivity index (χ4v) is 5.15. The summed E-state index contributed by atoms with van der Waals surface area (Å²) in [5.41, 5.74) is -3.91. The number of alkyl halides is 9. The minimum atomic E-state index is -5.22. The van der Waals surface area contributed by atoms with Gasteiger partial charge >= 0.3 is 18.5 Å². The van der Waals surface area contributed by atoms with Crippen LogP contribution in [0, 0.1) is 5.92 Å². The van der Waals surface area contributed by atoms with Gasteiger partial charge in [0.15, 0.2) is 5.78 Å². The molecule has 0 aliphatic carbocycles. The molecule has 0 spiro atoms. The molecule has 1 unspecified atom stereocenters. The van der Waals surface area contributed by atoms with Crippen LogP contribution in [-0.2, 0) is 11.0 Å². The van der Waals surface area contributed by atoms with Crippen molar-refractivity contribution in [2.75, 3.05) is 0 Å². The number of halogens is 13. The minimum Gasteiger partial charge on any atom is -0.300 e. The highest BCUT2D eigenvalue weighted by Gasteiger charge is 2.41. The molecule has 0 radical (unpaired) electrons. The standard InChI is InChI=1S/C26H19Br2ClF10O2/c1-12(6-15(40)4-5-24(31,32)33)7-22(41)16-3-2-13(8-18(16)26(37,38)39)21(30)11-17(25(34,35)36)14-9-19(27)23(29)20(28)10-14/h2-3,8-12,17H,4-7H2,1H3/b21-11-/t12-,17?/m1/s1. The lowest BCUT2D eigenvalue weighted by molar-refractivity contribution is -0.143. The lowest BCUT2D eigenvalue weighted by Gasteiger charge is -2.19. The van der Waals surface area contributed by atoms with E-state index in [-0.39, 0.29) is 26.1 Å². The second-order valence-electron chi connectivity index (χ2n) is 9.18. The Balaban J connectivity index is 2.39. The number of ketones is 2. The molecule has 0 aliphatic rings. The predicted molar refractivity (Wildman–Crippen MR) is 139 cm³/mol. The van der Waals surface area contributed by atoms with Gasteiger partial charge in [-0.1, -0.05) is 30.7 Å². The molecule has 2 aromatic carbocycles. The molecule has 226 valence electrons. The van der Waals surface area contributed by atoms with Crippen molar-refractivity contribution in [3.05, 3.63) is 72.6 Å². The fourth-order valence-electron chi connectivity index (χ4n) is 3.82. The Morgan fingerprint density at radius 1 is 0.927 bits per heavy atom. The van der Waals surface area contributed by atoms with E-state index in [1.807, 2.05) is 0 Å². The Morgan fingerprint density at radius 3 is 1.98 bits per heavy atom. The van der Waals surface area contributed by atoms with Gasteiger partial charge in [-0.2, -0.15) is 39.5 Å². The summed E-state index contributed by atoms with van der Waals surface area (Å²) in [4.78, 5) is 24.4. The van der Waals surface area contributed by atoms with E-state index in [9.17, 15) is 49.1 Å². The normalized spacial score (nSPS) is 14.6. The number of hydrogen-bond acceptors (Lipinski definition) is 2. The lowest BCUT2D eigenvalue weighted by Crippen LogP contribution is -2.19. The number of allylic oxidation sites excluding steroid dienone is 1. The number of rotatable bonds is 10. The van der Waals surface area contributed by atoms with Crippen molar-refractivity contribution < 1.29 is 53.5 Å². The van der Waals surface area contributed by atoms with Crippen molar-refractivity contribution in [1.82, 2.24) is 0 Å². The van der Waals surface area contributed by atoms with Crippen molar-refractivity contribution in [2.24, 2.45) is 5.92 Å². The fraction of sp³-hybridized carbons (Fsp3) is 0.385. The molecule has 2 nitrogen and oxygen atoms in total. The van der Waals surface area contributed by atoms with E-state index < -0.39 is 95.7 Å². The van der Waals surface area contributed by atoms with Crippen LogP contribution in [0.5, 0.6) is 0 Å². The Bertz CT molecular complexity index is 1290. The Morgan fingerprint density at radius 2 is 1.49 bits per heavy atom. The summed E-state index contributed by atoms with van der Waals surface area (Å²) in [6, 6.07) is 3.46. The second kappa shape index (κ2) is 13.6. The van der Waals surface area contributed by atoms with Gasteiger partial charge in [-0.25, -0.2) is 4.39 Å². The van der Waals surface area contributed by atoms with Crippen molar-refractivity contribution in [2.45, 2.75) is 57.1 Å². The highest BCUT2D eigenvalue weighted by Crippen LogP contribution is 2.43. The van der Waals surface area contributed by atoms with Crippen molar-refractivity contribution in [3.63, 3.8) is 0 Å². The van der Waals surface area contributed by atoms with E-state index >= 15 is 4.39 Å². The summed E-state index contributed by atoms with van der Waals surface area (Å²) in [6.07, 6.45) is -18.1. The Labute approximate surface area is 249 Å². The highest BCUT2D eigenvalue weighted by atomic mass is 79.9. The van der Waals surface area contributed by atoms with E-state index in [4.69, 9.17) is 11.6 Å². The van der Waals surface area contributed by atoms with E-state index in [0.717, 1.165) is 12.1 Å². The Kier molecular flexibility index (Phi) is 11.7. The first-order chi connectivity index (χ1) is 18.6. The molecule has 0 saturated carbocycles. The van der Waals surface area contributed by atoms with Gasteiger partial charge in [-0.15, -0.1) is 0 Å². The van der Waals surface area contributed by atoms with E-state index in [1.165, 1.54) is 6.92 Å². The zero-order valence-corrected chi connectivity index (χ0v) is 24.6. The number of benzene rings is 2. The molecular weight excluding hydrogens is 730 g/mol. The first kappa shape index (κ1) is 35.3. The summed E-state index contributed by atoms with van der Waals surface area (Å²) >= 11 is 11.9. The summed E-state index contributed by atoms with van der Waals surface area (Å²) in [5.74, 6) is -7.11. The summed E-state index contributed by atoms with van der Waals surface area (Å²) in [6.45, 7) is 1.29. The molecule has 0 aliphatic heterocycles. The average Bonchev–Trinajstić information content (AvgIpc) is 2.82. The van der Waals surface area contributed by atoms with Gasteiger partial charge in [0.1, 0.15) is 17.5 Å². The van der Waals surface area contributed by atoms with Crippen LogP contribution in [0.25, 0.3) is 5.83 Å². The molecule has 0 heterocycles. The van der Waals surface area contributed by atoms with E-state index in [1.54, 1.807) is 0 Å². The molecule has 0 bridgehead atoms. The Hall–Kier alpha value is -1.93. The second-order valence-corrected chi connectivity index (χ2v) is 11.3. The molecule has 0 N–H and O–H groups in total. The average molecular weight is 749 g/mol. The van der Waals surface area contributed by atoms with Crippen LogP contribution in [0.1, 0.15) is 65.6 Å². The van der Waals surface area contributed by atoms with E-state index in [0.29, 0.717) is 12.1 Å². The van der Waals surface area contributed by atoms with Crippen molar-refractivity contribution in [1.29, 1.82) is 0 Å². The van der Waals surface area contributed by atoms with Crippen molar-refractivity contribution in [3.8, 4) is 0 Å². The third-order valence-electron chi connectivity index (χ3n) is 5.73. The first-order valence-corrected chi connectivity index (χ1v) is 13.5. The topological polar surface area (TPSA) is 34.1 Å². The maximum absolute atomic E-state index is 15.0. The molecule has 15 heteroatoms. The highest BCUT2D eigenvalue weighted by molar-refractivity contribution is 9.11. The molecule has 0 aromatic heterocycles. The minimum absolute atomic E-state index is 0.0363. The molecule has 0 saturated heterocycles. The van der Waals surface area contributed by atoms with Crippen LogP contribution in [0.2, 0.25) is 5.02 Å². The number of carbonyl (C=O) groups excluding carboxylic acids is 2. The van der Waals surface area contributed by atoms with Crippen LogP contribution in [0.15, 0.2) is 45.4 Å². The molecule has 0 amide bonds.